The van der Waals surface area contributed by atoms with Crippen LogP contribution in [0.5, 0.6) is 5.75 Å². The van der Waals surface area contributed by atoms with Gasteiger partial charge in [0.05, 0.1) is 11.3 Å². The van der Waals surface area contributed by atoms with Crippen LogP contribution in [0.4, 0.5) is 0 Å². The fourth-order valence-electron chi connectivity index (χ4n) is 1.59. The average Bonchev–Trinajstić information content (AvgIpc) is 2.48. The summed E-state index contributed by atoms with van der Waals surface area (Å²) in [5, 5.41) is 0.702. The maximum atomic E-state index is 11.3. The van der Waals surface area contributed by atoms with Gasteiger partial charge in [-0.25, -0.2) is 5.84 Å². The van der Waals surface area contributed by atoms with Gasteiger partial charge in [0, 0.05) is 11.2 Å². The van der Waals surface area contributed by atoms with Gasteiger partial charge in [-0.2, -0.15) is 0 Å². The number of nitrogens with zero attached hydrogens (tertiary/aromatic N) is 1. The van der Waals surface area contributed by atoms with E-state index < -0.39 is 0 Å². The third-order valence-electron chi connectivity index (χ3n) is 2.73. The summed E-state index contributed by atoms with van der Waals surface area (Å²) in [4.78, 5) is 15.4. The zero-order chi connectivity index (χ0) is 14.5. The van der Waals surface area contributed by atoms with E-state index in [4.69, 9.17) is 22.2 Å². The minimum absolute atomic E-state index is 0.311. The minimum Gasteiger partial charge on any atom is -0.487 e. The molecule has 104 valence electrons. The summed E-state index contributed by atoms with van der Waals surface area (Å²) in [6.45, 7) is 2.22. The molecule has 0 atom stereocenters. The van der Waals surface area contributed by atoms with Gasteiger partial charge in [0.15, 0.2) is 0 Å². The van der Waals surface area contributed by atoms with Gasteiger partial charge < -0.3 is 4.74 Å². The van der Waals surface area contributed by atoms with Crippen LogP contribution in [0, 0.1) is 6.92 Å². The lowest BCUT2D eigenvalue weighted by atomic mass is 10.2. The molecule has 0 unspecified atom stereocenters. The van der Waals surface area contributed by atoms with Gasteiger partial charge in [0.2, 0.25) is 0 Å². The number of nitrogen functional groups attached to an aromatic ring is 1. The minimum atomic E-state index is -0.377. The van der Waals surface area contributed by atoms with E-state index in [1.807, 2.05) is 18.4 Å². The van der Waals surface area contributed by atoms with E-state index in [-0.39, 0.29) is 5.91 Å². The monoisotopic (exact) mass is 291 g/mol. The van der Waals surface area contributed by atoms with Crippen LogP contribution in [0.25, 0.3) is 0 Å². The molecular weight excluding hydrogens is 278 g/mol. The highest BCUT2D eigenvalue weighted by molar-refractivity contribution is 6.31. The number of hydrogen-bond acceptors (Lipinski definition) is 4. The second kappa shape index (κ2) is 6.36. The molecule has 0 aliphatic carbocycles. The number of carbonyl (C=O) groups excluding carboxylic acids is 1. The predicted molar refractivity (Wildman–Crippen MR) is 76.4 cm³/mol. The summed E-state index contributed by atoms with van der Waals surface area (Å²) in [6.07, 6.45) is 1.45. The van der Waals surface area contributed by atoms with Crippen LogP contribution in [0.3, 0.4) is 0 Å². The largest absolute Gasteiger partial charge is 0.487 e. The molecule has 3 N–H and O–H groups in total. The normalized spacial score (nSPS) is 10.2. The zero-order valence-electron chi connectivity index (χ0n) is 10.9. The van der Waals surface area contributed by atoms with E-state index in [2.05, 4.69) is 4.98 Å². The molecule has 0 saturated heterocycles. The van der Waals surface area contributed by atoms with Crippen molar-refractivity contribution >= 4 is 17.5 Å². The number of nitrogens with two attached hydrogens (primary N) is 1. The van der Waals surface area contributed by atoms with Crippen LogP contribution in [0.1, 0.15) is 21.6 Å². The van der Waals surface area contributed by atoms with Crippen molar-refractivity contribution in [3.63, 3.8) is 0 Å². The molecule has 5 nitrogen and oxygen atoms in total. The zero-order valence-corrected chi connectivity index (χ0v) is 11.6. The highest BCUT2D eigenvalue weighted by atomic mass is 35.5. The molecule has 0 bridgehead atoms. The Bertz CT molecular complexity index is 614. The van der Waals surface area contributed by atoms with Crippen molar-refractivity contribution in [2.45, 2.75) is 13.5 Å². The molecule has 1 aromatic carbocycles. The molecule has 1 aromatic heterocycles. The van der Waals surface area contributed by atoms with Crippen LogP contribution in [-0.4, -0.2) is 10.9 Å². The predicted octanol–water partition coefficient (Wildman–Crippen LogP) is 2.23. The Kier molecular flexibility index (Phi) is 4.55. The molecule has 0 aliphatic rings. The number of benzene rings is 1. The fourth-order valence-corrected chi connectivity index (χ4v) is 1.71. The van der Waals surface area contributed by atoms with Gasteiger partial charge >= 0.3 is 0 Å². The van der Waals surface area contributed by atoms with E-state index in [0.29, 0.717) is 22.9 Å². The standard InChI is InChI=1S/C14H14ClN3O2/c1-9-6-12(4-5-13(9)15)20-8-11-3-2-10(7-17-11)14(19)18-16/h2-7H,8,16H2,1H3,(H,18,19). The van der Waals surface area contributed by atoms with Gasteiger partial charge in [-0.3, -0.25) is 15.2 Å². The Morgan fingerprint density at radius 2 is 2.20 bits per heavy atom. The number of hydrogen-bond donors (Lipinski definition) is 2. The highest BCUT2D eigenvalue weighted by Crippen LogP contribution is 2.21. The summed E-state index contributed by atoms with van der Waals surface area (Å²) < 4.78 is 5.61. The Morgan fingerprint density at radius 3 is 2.80 bits per heavy atom. The molecule has 2 rings (SSSR count). The van der Waals surface area contributed by atoms with Crippen molar-refractivity contribution in [2.75, 3.05) is 0 Å². The third kappa shape index (κ3) is 3.46. The Labute approximate surface area is 121 Å². The fraction of sp³-hybridized carbons (Fsp3) is 0.143. The number of nitrogens with one attached hydrogen (secondary N) is 1. The number of hydrazine groups is 1. The van der Waals surface area contributed by atoms with Crippen LogP contribution in [-0.2, 0) is 6.61 Å². The number of rotatable bonds is 4. The first kappa shape index (κ1) is 14.3. The Balaban J connectivity index is 2.00. The van der Waals surface area contributed by atoms with Gasteiger partial charge in [-0.05, 0) is 42.8 Å². The first-order valence-electron chi connectivity index (χ1n) is 5.95. The molecule has 0 fully saturated rings. The molecule has 0 saturated carbocycles. The summed E-state index contributed by atoms with van der Waals surface area (Å²) in [5.74, 6) is 5.38. The second-order valence-corrected chi connectivity index (χ2v) is 4.62. The average molecular weight is 292 g/mol. The molecule has 2 aromatic rings. The maximum absolute atomic E-state index is 11.3. The van der Waals surface area contributed by atoms with Crippen molar-refractivity contribution in [3.05, 3.63) is 58.4 Å². The van der Waals surface area contributed by atoms with Crippen LogP contribution in [0.15, 0.2) is 36.5 Å². The number of amides is 1. The summed E-state index contributed by atoms with van der Waals surface area (Å²) in [7, 11) is 0. The number of carbonyl (C=O) groups is 1. The SMILES string of the molecule is Cc1cc(OCc2ccc(C(=O)NN)cn2)ccc1Cl. The summed E-state index contributed by atoms with van der Waals surface area (Å²) >= 11 is 5.94. The smallest absolute Gasteiger partial charge is 0.266 e. The maximum Gasteiger partial charge on any atom is 0.266 e. The van der Waals surface area contributed by atoms with Crippen LogP contribution < -0.4 is 16.0 Å². The lowest BCUT2D eigenvalue weighted by Crippen LogP contribution is -2.30. The second-order valence-electron chi connectivity index (χ2n) is 4.21. The van der Waals surface area contributed by atoms with E-state index in [0.717, 1.165) is 11.3 Å². The quantitative estimate of drug-likeness (QED) is 0.514. The Morgan fingerprint density at radius 1 is 1.40 bits per heavy atom. The van der Waals surface area contributed by atoms with E-state index in [1.165, 1.54) is 6.20 Å². The number of halogens is 1. The molecular formula is C14H14ClN3O2. The number of ether oxygens (including phenoxy) is 1. The van der Waals surface area contributed by atoms with Crippen molar-refractivity contribution in [1.82, 2.24) is 10.4 Å². The van der Waals surface area contributed by atoms with E-state index in [9.17, 15) is 4.79 Å². The van der Waals surface area contributed by atoms with Crippen molar-refractivity contribution < 1.29 is 9.53 Å². The number of aryl methyl sites for hydroxylation is 1. The van der Waals surface area contributed by atoms with Crippen LogP contribution in [0.2, 0.25) is 5.02 Å². The molecule has 0 aliphatic heterocycles. The summed E-state index contributed by atoms with van der Waals surface area (Å²) in [5.41, 5.74) is 4.11. The number of pyridine rings is 1. The van der Waals surface area contributed by atoms with Crippen LogP contribution >= 0.6 is 11.6 Å². The van der Waals surface area contributed by atoms with Crippen molar-refractivity contribution in [1.29, 1.82) is 0 Å². The molecule has 1 amide bonds. The Hall–Kier alpha value is -2.11. The first-order chi connectivity index (χ1) is 9.60. The molecule has 6 heteroatoms. The van der Waals surface area contributed by atoms with Gasteiger partial charge in [0.25, 0.3) is 5.91 Å². The first-order valence-corrected chi connectivity index (χ1v) is 6.33. The molecule has 20 heavy (non-hydrogen) atoms. The highest BCUT2D eigenvalue weighted by Gasteiger charge is 2.04. The lowest BCUT2D eigenvalue weighted by Gasteiger charge is -2.07. The van der Waals surface area contributed by atoms with Gasteiger partial charge in [-0.15, -0.1) is 0 Å². The van der Waals surface area contributed by atoms with Crippen molar-refractivity contribution in [2.24, 2.45) is 5.84 Å². The lowest BCUT2D eigenvalue weighted by molar-refractivity contribution is 0.0953. The number of aromatic nitrogens is 1. The third-order valence-corrected chi connectivity index (χ3v) is 3.16. The van der Waals surface area contributed by atoms with E-state index >= 15 is 0 Å². The summed E-state index contributed by atoms with van der Waals surface area (Å²) in [6, 6.07) is 8.80. The van der Waals surface area contributed by atoms with E-state index in [1.54, 1.807) is 24.3 Å². The van der Waals surface area contributed by atoms with Gasteiger partial charge in [0.1, 0.15) is 12.4 Å². The molecule has 0 spiro atoms. The molecule has 0 radical (unpaired) electrons. The molecule has 1 heterocycles. The van der Waals surface area contributed by atoms with Gasteiger partial charge in [-0.1, -0.05) is 11.6 Å². The van der Waals surface area contributed by atoms with Crippen molar-refractivity contribution in [3.8, 4) is 5.75 Å². The topological polar surface area (TPSA) is 77.2 Å².